The van der Waals surface area contributed by atoms with Gasteiger partial charge in [0.05, 0.1) is 36.2 Å². The number of rotatable bonds is 13. The molecule has 210 valence electrons. The Bertz CT molecular complexity index is 1240. The van der Waals surface area contributed by atoms with Crippen molar-refractivity contribution < 1.29 is 27.5 Å². The lowest BCUT2D eigenvalue weighted by Gasteiger charge is -2.33. The molecule has 1 N–H and O–H groups in total. The summed E-state index contributed by atoms with van der Waals surface area (Å²) in [7, 11) is -1.11. The van der Waals surface area contributed by atoms with E-state index in [-0.39, 0.29) is 29.8 Å². The lowest BCUT2D eigenvalue weighted by atomic mass is 10.1. The van der Waals surface area contributed by atoms with Gasteiger partial charge in [-0.2, -0.15) is 0 Å². The molecule has 0 saturated carbocycles. The van der Waals surface area contributed by atoms with Crippen LogP contribution in [0, 0.1) is 5.92 Å². The molecule has 0 aliphatic carbocycles. The van der Waals surface area contributed by atoms with E-state index in [4.69, 9.17) is 32.7 Å². The minimum absolute atomic E-state index is 0.0101. The number of ether oxygens (including phenoxy) is 2. The van der Waals surface area contributed by atoms with E-state index in [0.29, 0.717) is 34.3 Å². The normalized spacial score (nSPS) is 12.1. The molecule has 0 bridgehead atoms. The largest absolute Gasteiger partial charge is 0.497 e. The smallest absolute Gasteiger partial charge is 0.244 e. The number of sulfonamides is 1. The summed E-state index contributed by atoms with van der Waals surface area (Å²) in [6, 6.07) is 8.71. The number of halogens is 2. The van der Waals surface area contributed by atoms with E-state index in [9.17, 15) is 18.0 Å². The van der Waals surface area contributed by atoms with Crippen molar-refractivity contribution in [3.63, 3.8) is 0 Å². The Kier molecular flexibility index (Phi) is 11.5. The number of benzene rings is 2. The highest BCUT2D eigenvalue weighted by atomic mass is 35.5. The summed E-state index contributed by atoms with van der Waals surface area (Å²) in [4.78, 5) is 28.3. The molecule has 9 nitrogen and oxygen atoms in total. The highest BCUT2D eigenvalue weighted by molar-refractivity contribution is 7.92. The van der Waals surface area contributed by atoms with Crippen molar-refractivity contribution in [2.45, 2.75) is 39.8 Å². The van der Waals surface area contributed by atoms with Gasteiger partial charge in [0.25, 0.3) is 0 Å². The van der Waals surface area contributed by atoms with Crippen LogP contribution in [-0.2, 0) is 26.2 Å². The summed E-state index contributed by atoms with van der Waals surface area (Å²) in [5.41, 5.74) is 0.766. The maximum atomic E-state index is 13.8. The summed E-state index contributed by atoms with van der Waals surface area (Å²) in [5.74, 6) is -0.0924. The van der Waals surface area contributed by atoms with Crippen molar-refractivity contribution in [2.24, 2.45) is 5.92 Å². The standard InChI is InChI=1S/C26H35Cl2N3O6S/c1-7-22(26(33)29-14-17(2)3)30(15-18-8-10-20(27)21(28)12-18)25(32)16-31(38(6,34)35)23-13-19(36-4)9-11-24(23)37-5/h8-13,17,22H,7,14-16H2,1-6H3,(H,29,33)/t22-/m0/s1. The molecule has 1 atom stereocenters. The van der Waals surface area contributed by atoms with Crippen LogP contribution in [0.2, 0.25) is 10.0 Å². The molecular formula is C26H35Cl2N3O6S. The molecule has 0 radical (unpaired) electrons. The van der Waals surface area contributed by atoms with Crippen LogP contribution in [0.4, 0.5) is 5.69 Å². The Balaban J connectivity index is 2.53. The second-order valence-corrected chi connectivity index (χ2v) is 11.9. The van der Waals surface area contributed by atoms with Gasteiger partial charge in [0, 0.05) is 19.2 Å². The molecule has 38 heavy (non-hydrogen) atoms. The van der Waals surface area contributed by atoms with Crippen LogP contribution in [0.15, 0.2) is 36.4 Å². The van der Waals surface area contributed by atoms with Crippen molar-refractivity contribution in [3.8, 4) is 11.5 Å². The molecule has 2 aromatic rings. The van der Waals surface area contributed by atoms with Crippen LogP contribution in [0.5, 0.6) is 11.5 Å². The fourth-order valence-corrected chi connectivity index (χ4v) is 4.93. The summed E-state index contributed by atoms with van der Waals surface area (Å²) in [5, 5.41) is 3.52. The molecule has 0 fully saturated rings. The van der Waals surface area contributed by atoms with Crippen LogP contribution in [-0.4, -0.2) is 64.7 Å². The average molecular weight is 589 g/mol. The third-order valence-electron chi connectivity index (χ3n) is 5.74. The summed E-state index contributed by atoms with van der Waals surface area (Å²) in [6.45, 7) is 5.58. The topological polar surface area (TPSA) is 105 Å². The maximum Gasteiger partial charge on any atom is 0.244 e. The van der Waals surface area contributed by atoms with E-state index in [0.717, 1.165) is 10.6 Å². The van der Waals surface area contributed by atoms with E-state index < -0.39 is 28.5 Å². The second kappa shape index (κ2) is 13.9. The number of anilines is 1. The fraction of sp³-hybridized carbons (Fsp3) is 0.462. The maximum absolute atomic E-state index is 13.8. The third-order valence-corrected chi connectivity index (χ3v) is 7.61. The number of hydrogen-bond acceptors (Lipinski definition) is 6. The van der Waals surface area contributed by atoms with Crippen molar-refractivity contribution in [1.82, 2.24) is 10.2 Å². The second-order valence-electron chi connectivity index (χ2n) is 9.14. The van der Waals surface area contributed by atoms with Gasteiger partial charge in [0.2, 0.25) is 21.8 Å². The minimum Gasteiger partial charge on any atom is -0.497 e. The number of nitrogens with zero attached hydrogens (tertiary/aromatic N) is 2. The highest BCUT2D eigenvalue weighted by Crippen LogP contribution is 2.34. The van der Waals surface area contributed by atoms with Crippen LogP contribution in [0.3, 0.4) is 0 Å². The van der Waals surface area contributed by atoms with Gasteiger partial charge in [0.1, 0.15) is 24.1 Å². The summed E-state index contributed by atoms with van der Waals surface area (Å²) in [6.07, 6.45) is 1.30. The van der Waals surface area contributed by atoms with Crippen molar-refractivity contribution in [2.75, 3.05) is 37.9 Å². The van der Waals surface area contributed by atoms with E-state index >= 15 is 0 Å². The first-order valence-electron chi connectivity index (χ1n) is 12.0. The molecule has 2 rings (SSSR count). The number of carbonyl (C=O) groups is 2. The number of hydrogen-bond donors (Lipinski definition) is 1. The third kappa shape index (κ3) is 8.41. The zero-order valence-corrected chi connectivity index (χ0v) is 24.8. The Morgan fingerprint density at radius 3 is 2.24 bits per heavy atom. The number of nitrogens with one attached hydrogen (secondary N) is 1. The Morgan fingerprint density at radius 2 is 1.71 bits per heavy atom. The van der Waals surface area contributed by atoms with Gasteiger partial charge in [0.15, 0.2) is 0 Å². The van der Waals surface area contributed by atoms with Crippen LogP contribution in [0.25, 0.3) is 0 Å². The molecule has 0 heterocycles. The number of carbonyl (C=O) groups excluding carboxylic acids is 2. The molecule has 2 aromatic carbocycles. The predicted octanol–water partition coefficient (Wildman–Crippen LogP) is 4.36. The summed E-state index contributed by atoms with van der Waals surface area (Å²) >= 11 is 12.3. The molecule has 0 aliphatic rings. The van der Waals surface area contributed by atoms with E-state index in [1.165, 1.54) is 25.2 Å². The van der Waals surface area contributed by atoms with E-state index in [1.54, 1.807) is 37.3 Å². The molecule has 0 saturated heterocycles. The molecule has 0 unspecified atom stereocenters. The predicted molar refractivity (Wildman–Crippen MR) is 151 cm³/mol. The zero-order valence-electron chi connectivity index (χ0n) is 22.5. The van der Waals surface area contributed by atoms with Gasteiger partial charge in [-0.1, -0.05) is 50.0 Å². The molecule has 0 aliphatic heterocycles. The monoisotopic (exact) mass is 587 g/mol. The first-order chi connectivity index (χ1) is 17.8. The molecule has 12 heteroatoms. The van der Waals surface area contributed by atoms with Gasteiger partial charge in [-0.05, 0) is 42.2 Å². The highest BCUT2D eigenvalue weighted by Gasteiger charge is 2.33. The van der Waals surface area contributed by atoms with Gasteiger partial charge in [-0.3, -0.25) is 13.9 Å². The lowest BCUT2D eigenvalue weighted by molar-refractivity contribution is -0.140. The molecule has 2 amide bonds. The van der Waals surface area contributed by atoms with E-state index in [1.807, 2.05) is 13.8 Å². The quantitative estimate of drug-likeness (QED) is 0.373. The SMILES string of the molecule is CC[C@@H](C(=O)NCC(C)C)N(Cc1ccc(Cl)c(Cl)c1)C(=O)CN(c1cc(OC)ccc1OC)S(C)(=O)=O. The first kappa shape index (κ1) is 31.5. The van der Waals surface area contributed by atoms with Gasteiger partial charge >= 0.3 is 0 Å². The van der Waals surface area contributed by atoms with Crippen molar-refractivity contribution in [3.05, 3.63) is 52.0 Å². The molecule has 0 spiro atoms. The molecular weight excluding hydrogens is 553 g/mol. The van der Waals surface area contributed by atoms with E-state index in [2.05, 4.69) is 5.32 Å². The Labute approximate surface area is 235 Å². The van der Waals surface area contributed by atoms with Crippen LogP contribution >= 0.6 is 23.2 Å². The van der Waals surface area contributed by atoms with Gasteiger partial charge in [-0.15, -0.1) is 0 Å². The van der Waals surface area contributed by atoms with Crippen LogP contribution in [0.1, 0.15) is 32.8 Å². The Hall–Kier alpha value is -2.69. The van der Waals surface area contributed by atoms with Gasteiger partial charge in [-0.25, -0.2) is 8.42 Å². The number of amides is 2. The fourth-order valence-electron chi connectivity index (χ4n) is 3.76. The summed E-state index contributed by atoms with van der Waals surface area (Å²) < 4.78 is 37.4. The lowest BCUT2D eigenvalue weighted by Crippen LogP contribution is -2.52. The van der Waals surface area contributed by atoms with Crippen molar-refractivity contribution in [1.29, 1.82) is 0 Å². The minimum atomic E-state index is -3.95. The zero-order chi connectivity index (χ0) is 28.6. The molecule has 0 aromatic heterocycles. The van der Waals surface area contributed by atoms with Gasteiger partial charge < -0.3 is 19.7 Å². The Morgan fingerprint density at radius 1 is 1.03 bits per heavy atom. The number of methoxy groups -OCH3 is 2. The first-order valence-corrected chi connectivity index (χ1v) is 14.6. The van der Waals surface area contributed by atoms with Crippen LogP contribution < -0.4 is 19.1 Å². The van der Waals surface area contributed by atoms with Crippen molar-refractivity contribution >= 4 is 50.7 Å². The average Bonchev–Trinajstić information content (AvgIpc) is 2.86.